The van der Waals surface area contributed by atoms with Crippen molar-refractivity contribution in [1.82, 2.24) is 20.4 Å². The summed E-state index contributed by atoms with van der Waals surface area (Å²) in [6, 6.07) is 8.94. The van der Waals surface area contributed by atoms with Crippen LogP contribution in [-0.2, 0) is 6.54 Å². The van der Waals surface area contributed by atoms with Crippen LogP contribution in [0.15, 0.2) is 40.2 Å². The number of aliphatic imine (C=N–C) groups is 1. The zero-order chi connectivity index (χ0) is 18.8. The number of nitrogens with zero attached hydrogens (tertiary/aromatic N) is 3. The number of nitrogens with one attached hydrogen (secondary N) is 2. The second-order valence-corrected chi connectivity index (χ2v) is 7.11. The van der Waals surface area contributed by atoms with Crippen molar-refractivity contribution in [2.24, 2.45) is 4.99 Å². The standard InChI is InChI=1S/C19H28FN5S.HI/c1-4-21-19(22-10-7-12-25-16(3)14-15(2)24-25)23-11-13-26-18-9-6-5-8-17(18)20;/h5-6,8-9,14H,4,7,10-13H2,1-3H3,(H2,21,22,23);1H. The summed E-state index contributed by atoms with van der Waals surface area (Å²) >= 11 is 1.50. The molecular formula is C19H29FIN5S. The van der Waals surface area contributed by atoms with Crippen molar-refractivity contribution in [3.8, 4) is 0 Å². The lowest BCUT2D eigenvalue weighted by molar-refractivity contribution is 0.567. The normalized spacial score (nSPS) is 11.2. The molecule has 1 aromatic heterocycles. The summed E-state index contributed by atoms with van der Waals surface area (Å²) in [5.41, 5.74) is 2.23. The van der Waals surface area contributed by atoms with Gasteiger partial charge in [-0.3, -0.25) is 9.67 Å². The molecule has 2 aromatic rings. The van der Waals surface area contributed by atoms with Gasteiger partial charge in [0.2, 0.25) is 0 Å². The monoisotopic (exact) mass is 505 g/mol. The topological polar surface area (TPSA) is 54.2 Å². The van der Waals surface area contributed by atoms with Crippen LogP contribution in [0, 0.1) is 19.7 Å². The van der Waals surface area contributed by atoms with Gasteiger partial charge in [-0.25, -0.2) is 4.39 Å². The van der Waals surface area contributed by atoms with Crippen LogP contribution in [-0.4, -0.2) is 41.1 Å². The van der Waals surface area contributed by atoms with Gasteiger partial charge in [0.15, 0.2) is 5.96 Å². The minimum absolute atomic E-state index is 0. The lowest BCUT2D eigenvalue weighted by atomic mass is 10.3. The predicted molar refractivity (Wildman–Crippen MR) is 123 cm³/mol. The number of guanidine groups is 1. The average molecular weight is 505 g/mol. The van der Waals surface area contributed by atoms with E-state index < -0.39 is 0 Å². The molecular weight excluding hydrogens is 476 g/mol. The highest BCUT2D eigenvalue weighted by Gasteiger charge is 2.03. The molecule has 0 saturated heterocycles. The van der Waals surface area contributed by atoms with Crippen molar-refractivity contribution in [3.63, 3.8) is 0 Å². The van der Waals surface area contributed by atoms with Gasteiger partial charge in [-0.15, -0.1) is 35.7 Å². The second kappa shape index (κ2) is 13.0. The number of benzene rings is 1. The Bertz CT molecular complexity index is 720. The fraction of sp³-hybridized carbons (Fsp3) is 0.474. The molecule has 2 N–H and O–H groups in total. The van der Waals surface area contributed by atoms with E-state index in [-0.39, 0.29) is 29.8 Å². The number of hydrogen-bond acceptors (Lipinski definition) is 3. The molecule has 8 heteroatoms. The van der Waals surface area contributed by atoms with E-state index in [2.05, 4.69) is 33.7 Å². The Balaban J connectivity index is 0.00000364. The van der Waals surface area contributed by atoms with Gasteiger partial charge < -0.3 is 10.6 Å². The first kappa shape index (κ1) is 23.7. The van der Waals surface area contributed by atoms with Gasteiger partial charge in [0.25, 0.3) is 0 Å². The lowest BCUT2D eigenvalue weighted by Crippen LogP contribution is -2.38. The molecule has 1 aromatic carbocycles. The fourth-order valence-corrected chi connectivity index (χ4v) is 3.35. The van der Waals surface area contributed by atoms with Gasteiger partial charge in [0, 0.05) is 42.5 Å². The average Bonchev–Trinajstić information content (AvgIpc) is 2.94. The maximum absolute atomic E-state index is 13.6. The Morgan fingerprint density at radius 1 is 1.26 bits per heavy atom. The zero-order valence-corrected chi connectivity index (χ0v) is 19.3. The van der Waals surface area contributed by atoms with Crippen molar-refractivity contribution in [3.05, 3.63) is 47.5 Å². The van der Waals surface area contributed by atoms with Crippen molar-refractivity contribution in [2.45, 2.75) is 38.6 Å². The van der Waals surface area contributed by atoms with Gasteiger partial charge in [0.1, 0.15) is 5.82 Å². The van der Waals surface area contributed by atoms with Gasteiger partial charge in [0.05, 0.1) is 5.69 Å². The molecule has 0 aliphatic carbocycles. The van der Waals surface area contributed by atoms with Gasteiger partial charge in [-0.1, -0.05) is 12.1 Å². The summed E-state index contributed by atoms with van der Waals surface area (Å²) < 4.78 is 15.6. The number of halogens is 2. The summed E-state index contributed by atoms with van der Waals surface area (Å²) in [7, 11) is 0. The molecule has 0 aliphatic heterocycles. The van der Waals surface area contributed by atoms with Crippen molar-refractivity contribution in [1.29, 1.82) is 0 Å². The van der Waals surface area contributed by atoms with Crippen molar-refractivity contribution >= 4 is 41.7 Å². The van der Waals surface area contributed by atoms with Crippen LogP contribution in [0.5, 0.6) is 0 Å². The quantitative estimate of drug-likeness (QED) is 0.178. The van der Waals surface area contributed by atoms with Gasteiger partial charge in [-0.05, 0) is 45.4 Å². The maximum atomic E-state index is 13.6. The number of aryl methyl sites for hydroxylation is 3. The SMILES string of the molecule is CCNC(=NCCCn1nc(C)cc1C)NCCSc1ccccc1F.I. The van der Waals surface area contributed by atoms with E-state index in [1.807, 2.05) is 24.6 Å². The highest BCUT2D eigenvalue weighted by molar-refractivity contribution is 14.0. The number of thioether (sulfide) groups is 1. The zero-order valence-electron chi connectivity index (χ0n) is 16.2. The van der Waals surface area contributed by atoms with E-state index in [1.165, 1.54) is 23.5 Å². The molecule has 5 nitrogen and oxygen atoms in total. The summed E-state index contributed by atoms with van der Waals surface area (Å²) in [5, 5.41) is 11.0. The van der Waals surface area contributed by atoms with Gasteiger partial charge >= 0.3 is 0 Å². The summed E-state index contributed by atoms with van der Waals surface area (Å²) in [6.07, 6.45) is 0.933. The fourth-order valence-electron chi connectivity index (χ4n) is 2.55. The Morgan fingerprint density at radius 2 is 2.04 bits per heavy atom. The van der Waals surface area contributed by atoms with Crippen molar-refractivity contribution in [2.75, 3.05) is 25.4 Å². The first-order valence-electron chi connectivity index (χ1n) is 9.00. The second-order valence-electron chi connectivity index (χ2n) is 5.97. The van der Waals surface area contributed by atoms with Gasteiger partial charge in [-0.2, -0.15) is 5.10 Å². The largest absolute Gasteiger partial charge is 0.357 e. The highest BCUT2D eigenvalue weighted by Crippen LogP contribution is 2.20. The molecule has 1 heterocycles. The van der Waals surface area contributed by atoms with E-state index in [1.54, 1.807) is 12.1 Å². The third-order valence-electron chi connectivity index (χ3n) is 3.73. The molecule has 0 bridgehead atoms. The Kier molecular flexibility index (Phi) is 11.4. The molecule has 0 radical (unpaired) electrons. The lowest BCUT2D eigenvalue weighted by Gasteiger charge is -2.11. The van der Waals surface area contributed by atoms with Crippen LogP contribution in [0.2, 0.25) is 0 Å². The van der Waals surface area contributed by atoms with Crippen LogP contribution < -0.4 is 10.6 Å². The first-order valence-corrected chi connectivity index (χ1v) is 9.99. The minimum Gasteiger partial charge on any atom is -0.357 e. The molecule has 0 unspecified atom stereocenters. The van der Waals surface area contributed by atoms with E-state index >= 15 is 0 Å². The Hall–Kier alpha value is -1.29. The summed E-state index contributed by atoms with van der Waals surface area (Å²) in [4.78, 5) is 5.28. The van der Waals surface area contributed by atoms with Crippen LogP contribution >= 0.6 is 35.7 Å². The molecule has 27 heavy (non-hydrogen) atoms. The molecule has 0 amide bonds. The van der Waals surface area contributed by atoms with Crippen LogP contribution in [0.25, 0.3) is 0 Å². The molecule has 0 atom stereocenters. The Morgan fingerprint density at radius 3 is 2.70 bits per heavy atom. The van der Waals surface area contributed by atoms with Crippen LogP contribution in [0.4, 0.5) is 4.39 Å². The third kappa shape index (κ3) is 8.50. The third-order valence-corrected chi connectivity index (χ3v) is 4.78. The summed E-state index contributed by atoms with van der Waals surface area (Å²) in [5.74, 6) is 1.41. The van der Waals surface area contributed by atoms with E-state index in [9.17, 15) is 4.39 Å². The Labute approximate surface area is 182 Å². The number of rotatable bonds is 9. The minimum atomic E-state index is -0.165. The smallest absolute Gasteiger partial charge is 0.191 e. The molecule has 0 fully saturated rings. The first-order chi connectivity index (χ1) is 12.6. The highest BCUT2D eigenvalue weighted by atomic mass is 127. The molecule has 150 valence electrons. The maximum Gasteiger partial charge on any atom is 0.191 e. The van der Waals surface area contributed by atoms with E-state index in [4.69, 9.17) is 0 Å². The molecule has 0 spiro atoms. The van der Waals surface area contributed by atoms with Crippen LogP contribution in [0.3, 0.4) is 0 Å². The van der Waals surface area contributed by atoms with E-state index in [0.717, 1.165) is 50.0 Å². The molecule has 0 saturated carbocycles. The number of hydrogen-bond donors (Lipinski definition) is 2. The predicted octanol–water partition coefficient (Wildman–Crippen LogP) is 3.99. The van der Waals surface area contributed by atoms with Crippen LogP contribution in [0.1, 0.15) is 24.7 Å². The molecule has 2 rings (SSSR count). The molecule has 0 aliphatic rings. The van der Waals surface area contributed by atoms with Crippen molar-refractivity contribution < 1.29 is 4.39 Å². The van der Waals surface area contributed by atoms with E-state index in [0.29, 0.717) is 4.90 Å². The summed E-state index contributed by atoms with van der Waals surface area (Å²) in [6.45, 7) is 9.25. The number of aromatic nitrogens is 2.